The Balaban J connectivity index is 1.64. The quantitative estimate of drug-likeness (QED) is 0.584. The van der Waals surface area contributed by atoms with Crippen LogP contribution >= 0.6 is 0 Å². The Morgan fingerprint density at radius 2 is 1.86 bits per heavy atom. The molecule has 6 nitrogen and oxygen atoms in total. The highest BCUT2D eigenvalue weighted by Crippen LogP contribution is 2.27. The minimum Gasteiger partial charge on any atom is -0.496 e. The standard InChI is InChI=1S/C22H25N3O3/c1-4-18(16-10-6-5-7-11-16)25(2)21(26)15-14-20-23-22(24-28-20)17-12-8-9-13-19(17)27-3/h5-13,18H,4,14-15H2,1-3H3. The van der Waals surface area contributed by atoms with Gasteiger partial charge in [-0.3, -0.25) is 4.79 Å². The lowest BCUT2D eigenvalue weighted by atomic mass is 10.0. The Hall–Kier alpha value is -3.15. The summed E-state index contributed by atoms with van der Waals surface area (Å²) in [6, 6.07) is 17.6. The van der Waals surface area contributed by atoms with Crippen LogP contribution in [-0.2, 0) is 11.2 Å². The first-order valence-corrected chi connectivity index (χ1v) is 9.40. The molecule has 6 heteroatoms. The number of para-hydroxylation sites is 1. The summed E-state index contributed by atoms with van der Waals surface area (Å²) in [6.45, 7) is 2.08. The van der Waals surface area contributed by atoms with Crippen LogP contribution in [0, 0.1) is 0 Å². The second kappa shape index (κ2) is 9.17. The SMILES string of the molecule is CCC(c1ccccc1)N(C)C(=O)CCc1nc(-c2ccccc2OC)no1. The number of aryl methyl sites for hydroxylation is 1. The predicted octanol–water partition coefficient (Wildman–Crippen LogP) is 4.29. The molecule has 1 heterocycles. The molecular formula is C22H25N3O3. The molecule has 1 aromatic heterocycles. The summed E-state index contributed by atoms with van der Waals surface area (Å²) in [5.74, 6) is 1.63. The van der Waals surface area contributed by atoms with Gasteiger partial charge in [-0.05, 0) is 24.1 Å². The zero-order chi connectivity index (χ0) is 19.9. The number of carbonyl (C=O) groups excluding carboxylic acids is 1. The van der Waals surface area contributed by atoms with Gasteiger partial charge >= 0.3 is 0 Å². The van der Waals surface area contributed by atoms with E-state index in [0.717, 1.165) is 17.5 Å². The van der Waals surface area contributed by atoms with E-state index in [4.69, 9.17) is 9.26 Å². The van der Waals surface area contributed by atoms with Gasteiger partial charge in [0.1, 0.15) is 5.75 Å². The number of ether oxygens (including phenoxy) is 1. The van der Waals surface area contributed by atoms with Gasteiger partial charge in [0, 0.05) is 19.9 Å². The molecule has 3 aromatic rings. The Bertz CT molecular complexity index is 908. The molecule has 0 aliphatic heterocycles. The molecule has 0 spiro atoms. The van der Waals surface area contributed by atoms with Crippen LogP contribution in [0.4, 0.5) is 0 Å². The first-order valence-electron chi connectivity index (χ1n) is 9.40. The van der Waals surface area contributed by atoms with Crippen LogP contribution in [0.25, 0.3) is 11.4 Å². The lowest BCUT2D eigenvalue weighted by Gasteiger charge is -2.27. The Kier molecular flexibility index (Phi) is 6.42. The van der Waals surface area contributed by atoms with Crippen molar-refractivity contribution in [1.29, 1.82) is 0 Å². The topological polar surface area (TPSA) is 68.5 Å². The van der Waals surface area contributed by atoms with Gasteiger partial charge in [-0.15, -0.1) is 0 Å². The summed E-state index contributed by atoms with van der Waals surface area (Å²) in [6.07, 6.45) is 1.56. The van der Waals surface area contributed by atoms with E-state index in [1.807, 2.05) is 49.5 Å². The molecule has 146 valence electrons. The van der Waals surface area contributed by atoms with Crippen LogP contribution in [0.2, 0.25) is 0 Å². The molecule has 1 unspecified atom stereocenters. The van der Waals surface area contributed by atoms with Gasteiger partial charge in [0.15, 0.2) is 0 Å². The van der Waals surface area contributed by atoms with Crippen LogP contribution in [0.15, 0.2) is 59.1 Å². The number of aromatic nitrogens is 2. The molecule has 0 fully saturated rings. The maximum atomic E-state index is 12.7. The third-order valence-corrected chi connectivity index (χ3v) is 4.80. The highest BCUT2D eigenvalue weighted by Gasteiger charge is 2.21. The van der Waals surface area contributed by atoms with Gasteiger partial charge in [-0.2, -0.15) is 4.98 Å². The van der Waals surface area contributed by atoms with Gasteiger partial charge in [-0.25, -0.2) is 0 Å². The van der Waals surface area contributed by atoms with Crippen molar-refractivity contribution in [3.63, 3.8) is 0 Å². The van der Waals surface area contributed by atoms with E-state index < -0.39 is 0 Å². The smallest absolute Gasteiger partial charge is 0.227 e. The number of rotatable bonds is 8. The minimum atomic E-state index is 0.0488. The zero-order valence-electron chi connectivity index (χ0n) is 16.5. The highest BCUT2D eigenvalue weighted by atomic mass is 16.5. The predicted molar refractivity (Wildman–Crippen MR) is 107 cm³/mol. The molecule has 0 bridgehead atoms. The molecule has 3 rings (SSSR count). The summed E-state index contributed by atoms with van der Waals surface area (Å²) < 4.78 is 10.7. The van der Waals surface area contributed by atoms with E-state index in [-0.39, 0.29) is 11.9 Å². The van der Waals surface area contributed by atoms with Crippen LogP contribution in [-0.4, -0.2) is 35.1 Å². The fourth-order valence-corrected chi connectivity index (χ4v) is 3.27. The lowest BCUT2D eigenvalue weighted by Crippen LogP contribution is -2.31. The van der Waals surface area contributed by atoms with Gasteiger partial charge in [0.05, 0.1) is 18.7 Å². The van der Waals surface area contributed by atoms with Gasteiger partial charge in [0.2, 0.25) is 17.6 Å². The number of hydrogen-bond donors (Lipinski definition) is 0. The number of nitrogens with zero attached hydrogens (tertiary/aromatic N) is 3. The second-order valence-electron chi connectivity index (χ2n) is 6.55. The lowest BCUT2D eigenvalue weighted by molar-refractivity contribution is -0.132. The summed E-state index contributed by atoms with van der Waals surface area (Å²) in [4.78, 5) is 18.9. The van der Waals surface area contributed by atoms with Crippen molar-refractivity contribution < 1.29 is 14.1 Å². The fraction of sp³-hybridized carbons (Fsp3) is 0.318. The third-order valence-electron chi connectivity index (χ3n) is 4.80. The fourth-order valence-electron chi connectivity index (χ4n) is 3.27. The average molecular weight is 379 g/mol. The van der Waals surface area contributed by atoms with Gasteiger partial charge in [0.25, 0.3) is 0 Å². The largest absolute Gasteiger partial charge is 0.496 e. The molecular weight excluding hydrogens is 354 g/mol. The summed E-state index contributed by atoms with van der Waals surface area (Å²) in [5.41, 5.74) is 1.90. The number of amides is 1. The Labute approximate surface area is 165 Å². The van der Waals surface area contributed by atoms with Crippen molar-refractivity contribution in [2.45, 2.75) is 32.2 Å². The molecule has 0 aliphatic rings. The van der Waals surface area contributed by atoms with Crippen molar-refractivity contribution >= 4 is 5.91 Å². The van der Waals surface area contributed by atoms with Crippen LogP contribution < -0.4 is 4.74 Å². The highest BCUT2D eigenvalue weighted by molar-refractivity contribution is 5.76. The minimum absolute atomic E-state index is 0.0488. The van der Waals surface area contributed by atoms with Crippen LogP contribution in [0.3, 0.4) is 0 Å². The van der Waals surface area contributed by atoms with E-state index in [1.165, 1.54) is 0 Å². The first-order chi connectivity index (χ1) is 13.6. The summed E-state index contributed by atoms with van der Waals surface area (Å²) in [5, 5.41) is 4.03. The van der Waals surface area contributed by atoms with E-state index in [0.29, 0.717) is 30.3 Å². The van der Waals surface area contributed by atoms with E-state index >= 15 is 0 Å². The van der Waals surface area contributed by atoms with Gasteiger partial charge < -0.3 is 14.2 Å². The molecule has 0 saturated carbocycles. The molecule has 0 N–H and O–H groups in total. The number of hydrogen-bond acceptors (Lipinski definition) is 5. The van der Waals surface area contributed by atoms with Crippen LogP contribution in [0.5, 0.6) is 5.75 Å². The molecule has 0 aliphatic carbocycles. The van der Waals surface area contributed by atoms with Crippen molar-refractivity contribution in [2.24, 2.45) is 0 Å². The second-order valence-corrected chi connectivity index (χ2v) is 6.55. The monoisotopic (exact) mass is 379 g/mol. The Morgan fingerprint density at radius 1 is 1.14 bits per heavy atom. The molecule has 1 atom stereocenters. The molecule has 0 saturated heterocycles. The Morgan fingerprint density at radius 3 is 2.57 bits per heavy atom. The van der Waals surface area contributed by atoms with E-state index in [9.17, 15) is 4.79 Å². The average Bonchev–Trinajstić information content (AvgIpc) is 3.22. The normalized spacial score (nSPS) is 11.8. The van der Waals surface area contributed by atoms with Gasteiger partial charge in [-0.1, -0.05) is 54.5 Å². The number of benzene rings is 2. The molecule has 28 heavy (non-hydrogen) atoms. The summed E-state index contributed by atoms with van der Waals surface area (Å²) >= 11 is 0. The molecule has 0 radical (unpaired) electrons. The number of carbonyl (C=O) groups is 1. The molecule has 1 amide bonds. The first kappa shape index (κ1) is 19.6. The maximum absolute atomic E-state index is 12.7. The van der Waals surface area contributed by atoms with E-state index in [1.54, 1.807) is 12.0 Å². The van der Waals surface area contributed by atoms with Crippen molar-refractivity contribution in [3.8, 4) is 17.1 Å². The maximum Gasteiger partial charge on any atom is 0.227 e. The summed E-state index contributed by atoms with van der Waals surface area (Å²) in [7, 11) is 3.45. The van der Waals surface area contributed by atoms with Crippen molar-refractivity contribution in [1.82, 2.24) is 15.0 Å². The van der Waals surface area contributed by atoms with Crippen molar-refractivity contribution in [2.75, 3.05) is 14.2 Å². The zero-order valence-corrected chi connectivity index (χ0v) is 16.5. The van der Waals surface area contributed by atoms with E-state index in [2.05, 4.69) is 29.2 Å². The van der Waals surface area contributed by atoms with Crippen LogP contribution in [0.1, 0.15) is 37.3 Å². The molecule has 2 aromatic carbocycles. The van der Waals surface area contributed by atoms with Crippen molar-refractivity contribution in [3.05, 3.63) is 66.1 Å². The number of methoxy groups -OCH3 is 1. The third kappa shape index (κ3) is 4.39.